The van der Waals surface area contributed by atoms with Crippen LogP contribution in [0.2, 0.25) is 0 Å². The van der Waals surface area contributed by atoms with E-state index in [-0.39, 0.29) is 0 Å². The molecular formula is C15H23N5O. The van der Waals surface area contributed by atoms with E-state index in [0.717, 1.165) is 18.1 Å². The maximum Gasteiger partial charge on any atom is 0.254 e. The second kappa shape index (κ2) is 6.39. The number of nitrogens with one attached hydrogen (secondary N) is 1. The average molecular weight is 289 g/mol. The summed E-state index contributed by atoms with van der Waals surface area (Å²) in [5.41, 5.74) is 0.930. The number of nitrogens with zero attached hydrogens (tertiary/aromatic N) is 4. The molecule has 1 aliphatic carbocycles. The number of aromatic nitrogens is 4. The molecule has 6 heteroatoms. The van der Waals surface area contributed by atoms with Gasteiger partial charge < -0.3 is 10.1 Å². The minimum Gasteiger partial charge on any atom is -0.376 e. The van der Waals surface area contributed by atoms with Gasteiger partial charge in [0.05, 0.1) is 12.7 Å². The Kier molecular flexibility index (Phi) is 4.34. The number of fused-ring (bicyclic) bond motifs is 1. The Bertz CT molecular complexity index is 597. The number of hydrogen-bond acceptors (Lipinski definition) is 5. The summed E-state index contributed by atoms with van der Waals surface area (Å²) < 4.78 is 7.74. The molecule has 1 aliphatic rings. The molecule has 6 nitrogen and oxygen atoms in total. The average Bonchev–Trinajstić information content (AvgIpc) is 2.93. The molecule has 0 radical (unpaired) electrons. The summed E-state index contributed by atoms with van der Waals surface area (Å²) in [7, 11) is 0. The molecule has 0 unspecified atom stereocenters. The third-order valence-electron chi connectivity index (χ3n) is 4.15. The molecule has 2 aromatic heterocycles. The Morgan fingerprint density at radius 2 is 2.24 bits per heavy atom. The largest absolute Gasteiger partial charge is 0.376 e. The molecule has 3 rings (SSSR count). The molecule has 0 saturated heterocycles. The number of hydrogen-bond donors (Lipinski definition) is 1. The monoisotopic (exact) mass is 289 g/mol. The second-order valence-electron chi connectivity index (χ2n) is 5.85. The summed E-state index contributed by atoms with van der Waals surface area (Å²) in [5.74, 6) is 2.22. The van der Waals surface area contributed by atoms with Crippen molar-refractivity contribution in [3.63, 3.8) is 0 Å². The Balaban J connectivity index is 1.53. The summed E-state index contributed by atoms with van der Waals surface area (Å²) in [6.45, 7) is 5.73. The van der Waals surface area contributed by atoms with E-state index in [2.05, 4.69) is 27.3 Å². The summed E-state index contributed by atoms with van der Waals surface area (Å²) >= 11 is 0. The molecule has 21 heavy (non-hydrogen) atoms. The molecule has 2 heterocycles. The fourth-order valence-electron chi connectivity index (χ4n) is 2.98. The fourth-order valence-corrected chi connectivity index (χ4v) is 2.98. The molecule has 2 atom stereocenters. The van der Waals surface area contributed by atoms with Gasteiger partial charge in [-0.25, -0.2) is 4.98 Å². The normalized spacial score (nSPS) is 22.6. The van der Waals surface area contributed by atoms with Gasteiger partial charge >= 0.3 is 0 Å². The van der Waals surface area contributed by atoms with Gasteiger partial charge in [-0.15, -0.1) is 0 Å². The lowest BCUT2D eigenvalue weighted by Crippen LogP contribution is -2.27. The predicted octanol–water partition coefficient (Wildman–Crippen LogP) is 2.44. The second-order valence-corrected chi connectivity index (χ2v) is 5.85. The topological polar surface area (TPSA) is 64.3 Å². The molecule has 2 aromatic rings. The Morgan fingerprint density at radius 3 is 3.10 bits per heavy atom. The predicted molar refractivity (Wildman–Crippen MR) is 81.4 cm³/mol. The van der Waals surface area contributed by atoms with Crippen molar-refractivity contribution < 1.29 is 4.74 Å². The maximum atomic E-state index is 6.02. The van der Waals surface area contributed by atoms with Crippen LogP contribution in [0.15, 0.2) is 12.4 Å². The van der Waals surface area contributed by atoms with Crippen LogP contribution in [0.25, 0.3) is 5.78 Å². The lowest BCUT2D eigenvalue weighted by Gasteiger charge is -2.28. The summed E-state index contributed by atoms with van der Waals surface area (Å²) in [5, 5.41) is 7.54. The lowest BCUT2D eigenvalue weighted by molar-refractivity contribution is 0.000363. The van der Waals surface area contributed by atoms with Gasteiger partial charge in [-0.1, -0.05) is 19.8 Å². The molecule has 0 bridgehead atoms. The van der Waals surface area contributed by atoms with Gasteiger partial charge in [-0.2, -0.15) is 14.6 Å². The quantitative estimate of drug-likeness (QED) is 0.856. The van der Waals surface area contributed by atoms with Crippen molar-refractivity contribution in [1.29, 1.82) is 0 Å². The standard InChI is InChI=1S/C15H23N5O/c1-11-5-3-4-6-13(11)21-8-7-16-14-9-12(2)19-15-17-10-18-20(14)15/h9-11,13,16H,3-8H2,1-2H3/t11-,13-/m0/s1. The van der Waals surface area contributed by atoms with Gasteiger partial charge in [-0.05, 0) is 25.7 Å². The Labute approximate surface area is 124 Å². The van der Waals surface area contributed by atoms with E-state index in [9.17, 15) is 0 Å². The first-order chi connectivity index (χ1) is 10.2. The first-order valence-electron chi connectivity index (χ1n) is 7.77. The summed E-state index contributed by atoms with van der Waals surface area (Å²) in [6, 6.07) is 1.98. The van der Waals surface area contributed by atoms with E-state index in [1.54, 1.807) is 4.52 Å². The maximum absolute atomic E-state index is 6.02. The minimum atomic E-state index is 0.422. The van der Waals surface area contributed by atoms with Crippen molar-refractivity contribution >= 4 is 11.6 Å². The highest BCUT2D eigenvalue weighted by atomic mass is 16.5. The number of anilines is 1. The van der Waals surface area contributed by atoms with Gasteiger partial charge in [-0.3, -0.25) is 0 Å². The van der Waals surface area contributed by atoms with E-state index in [0.29, 0.717) is 24.4 Å². The zero-order valence-corrected chi connectivity index (χ0v) is 12.7. The molecule has 0 aliphatic heterocycles. The zero-order valence-electron chi connectivity index (χ0n) is 12.7. The molecule has 0 aromatic carbocycles. The zero-order chi connectivity index (χ0) is 14.7. The first kappa shape index (κ1) is 14.3. The number of rotatable bonds is 5. The fraction of sp³-hybridized carbons (Fsp3) is 0.667. The number of aryl methyl sites for hydroxylation is 1. The lowest BCUT2D eigenvalue weighted by atomic mass is 9.88. The minimum absolute atomic E-state index is 0.422. The molecule has 0 amide bonds. The van der Waals surface area contributed by atoms with E-state index < -0.39 is 0 Å². The molecule has 1 N–H and O–H groups in total. The third kappa shape index (κ3) is 3.32. The van der Waals surface area contributed by atoms with Crippen molar-refractivity contribution in [2.45, 2.75) is 45.6 Å². The van der Waals surface area contributed by atoms with Crippen LogP contribution in [0.4, 0.5) is 5.82 Å². The van der Waals surface area contributed by atoms with Crippen LogP contribution in [-0.4, -0.2) is 38.8 Å². The van der Waals surface area contributed by atoms with Crippen LogP contribution in [0.5, 0.6) is 0 Å². The van der Waals surface area contributed by atoms with E-state index in [4.69, 9.17) is 4.74 Å². The molecular weight excluding hydrogens is 266 g/mol. The van der Waals surface area contributed by atoms with Crippen LogP contribution < -0.4 is 5.32 Å². The van der Waals surface area contributed by atoms with Crippen molar-refractivity contribution in [3.8, 4) is 0 Å². The Morgan fingerprint density at radius 1 is 1.38 bits per heavy atom. The molecule has 0 spiro atoms. The smallest absolute Gasteiger partial charge is 0.254 e. The Hall–Kier alpha value is -1.69. The van der Waals surface area contributed by atoms with Crippen LogP contribution in [0.1, 0.15) is 38.3 Å². The summed E-state index contributed by atoms with van der Waals surface area (Å²) in [4.78, 5) is 8.45. The van der Waals surface area contributed by atoms with Crippen LogP contribution in [0, 0.1) is 12.8 Å². The van der Waals surface area contributed by atoms with E-state index in [1.807, 2.05) is 13.0 Å². The van der Waals surface area contributed by atoms with Gasteiger partial charge in [0.1, 0.15) is 12.1 Å². The van der Waals surface area contributed by atoms with Crippen LogP contribution in [-0.2, 0) is 4.74 Å². The number of ether oxygens (including phenoxy) is 1. The van der Waals surface area contributed by atoms with Crippen LogP contribution in [0.3, 0.4) is 0 Å². The van der Waals surface area contributed by atoms with Gasteiger partial charge in [0.15, 0.2) is 0 Å². The van der Waals surface area contributed by atoms with Gasteiger partial charge in [0.25, 0.3) is 5.78 Å². The highest BCUT2D eigenvalue weighted by Crippen LogP contribution is 2.26. The first-order valence-corrected chi connectivity index (χ1v) is 7.77. The SMILES string of the molecule is Cc1cc(NCCO[C@H]2CCCC[C@@H]2C)n2ncnc2n1. The van der Waals surface area contributed by atoms with E-state index in [1.165, 1.54) is 32.0 Å². The summed E-state index contributed by atoms with van der Waals surface area (Å²) in [6.07, 6.45) is 7.08. The van der Waals surface area contributed by atoms with Crippen molar-refractivity contribution in [2.24, 2.45) is 5.92 Å². The van der Waals surface area contributed by atoms with Crippen molar-refractivity contribution in [1.82, 2.24) is 19.6 Å². The van der Waals surface area contributed by atoms with Gasteiger partial charge in [0.2, 0.25) is 0 Å². The molecule has 1 saturated carbocycles. The van der Waals surface area contributed by atoms with Crippen LogP contribution >= 0.6 is 0 Å². The molecule has 114 valence electrons. The third-order valence-corrected chi connectivity index (χ3v) is 4.15. The highest BCUT2D eigenvalue weighted by molar-refractivity contribution is 5.44. The van der Waals surface area contributed by atoms with Crippen molar-refractivity contribution in [3.05, 3.63) is 18.1 Å². The highest BCUT2D eigenvalue weighted by Gasteiger charge is 2.21. The molecule has 1 fully saturated rings. The van der Waals surface area contributed by atoms with E-state index >= 15 is 0 Å². The van der Waals surface area contributed by atoms with Crippen molar-refractivity contribution in [2.75, 3.05) is 18.5 Å². The van der Waals surface area contributed by atoms with Gasteiger partial charge in [0, 0.05) is 18.3 Å².